The van der Waals surface area contributed by atoms with E-state index in [4.69, 9.17) is 0 Å². The predicted octanol–water partition coefficient (Wildman–Crippen LogP) is -0.0759. The Bertz CT molecular complexity index is 6.00. The number of hydrogen-bond donors (Lipinski definition) is 0. The molecular weight excluding hydrogens is 202 g/mol. The Morgan fingerprint density at radius 2 is 1.25 bits per heavy atom. The van der Waals surface area contributed by atoms with Gasteiger partial charge in [0.25, 0.3) is 0 Å². The molecule has 0 saturated carbocycles. The fraction of sp³-hybridized carbons (Fsp3) is 0. The number of rotatable bonds is 0. The quantitative estimate of drug-likeness (QED) is 0.499. The van der Waals surface area contributed by atoms with Crippen LogP contribution in [0.15, 0.2) is 0 Å². The van der Waals surface area contributed by atoms with E-state index in [1.807, 2.05) is 0 Å². The van der Waals surface area contributed by atoms with Gasteiger partial charge in [0.05, 0.1) is 0 Å². The summed E-state index contributed by atoms with van der Waals surface area (Å²) < 4.78 is 4.50. The van der Waals surface area contributed by atoms with Crippen molar-refractivity contribution in [2.45, 2.75) is 0 Å². The molecule has 4 heavy (non-hydrogen) atoms. The van der Waals surface area contributed by atoms with Crippen molar-refractivity contribution in [3.63, 3.8) is 0 Å². The maximum absolute atomic E-state index is 4.50. The van der Waals surface area contributed by atoms with Crippen molar-refractivity contribution >= 4 is 0 Å². The molecular formula is MnOZn2. The van der Waals surface area contributed by atoms with Gasteiger partial charge in [-0.25, -0.2) is 0 Å². The van der Waals surface area contributed by atoms with Crippen molar-refractivity contribution in [3.8, 4) is 0 Å². The van der Waals surface area contributed by atoms with Crippen LogP contribution in [-0.2, 0) is 56.8 Å². The van der Waals surface area contributed by atoms with Gasteiger partial charge in [0, 0.05) is 17.1 Å². The molecule has 0 heterocycles. The van der Waals surface area contributed by atoms with Crippen LogP contribution in [0.1, 0.15) is 0 Å². The molecule has 0 saturated heterocycles. The molecule has 0 spiro atoms. The van der Waals surface area contributed by atoms with Crippen LogP contribution in [-0.4, -0.2) is 0 Å². The van der Waals surface area contributed by atoms with Gasteiger partial charge in [-0.05, 0) is 0 Å². The van der Waals surface area contributed by atoms with Gasteiger partial charge in [0.15, 0.2) is 0 Å². The molecule has 0 N–H and O–H groups in total. The van der Waals surface area contributed by atoms with Crippen LogP contribution >= 0.6 is 0 Å². The van der Waals surface area contributed by atoms with E-state index in [-0.39, 0.29) is 17.1 Å². The van der Waals surface area contributed by atoms with Gasteiger partial charge in [-0.1, -0.05) is 0 Å². The summed E-state index contributed by atoms with van der Waals surface area (Å²) in [5, 5.41) is 0. The fourth-order valence-corrected chi connectivity index (χ4v) is 0. The molecule has 0 unspecified atom stereocenters. The molecule has 0 bridgehead atoms. The fourth-order valence-electron chi connectivity index (χ4n) is 0. The molecule has 4 heteroatoms. The van der Waals surface area contributed by atoms with E-state index in [0.717, 1.165) is 37.3 Å². The van der Waals surface area contributed by atoms with Gasteiger partial charge in [-0.2, -0.15) is 0 Å². The standard InChI is InChI=1S/Mn.O.2Zn. The third kappa shape index (κ3) is 9.29. The summed E-state index contributed by atoms with van der Waals surface area (Å²) in [5.41, 5.74) is 0. The van der Waals surface area contributed by atoms with Crippen LogP contribution in [0.25, 0.3) is 0 Å². The summed E-state index contributed by atoms with van der Waals surface area (Å²) in [6, 6.07) is 0. The summed E-state index contributed by atoms with van der Waals surface area (Å²) in [6.45, 7) is 0. The molecule has 1 radical (unpaired) electrons. The van der Waals surface area contributed by atoms with E-state index >= 15 is 0 Å². The first-order valence-electron chi connectivity index (χ1n) is 0.577. The summed E-state index contributed by atoms with van der Waals surface area (Å²) in [4.78, 5) is 0. The molecule has 0 atom stereocenters. The molecule has 0 aromatic rings. The summed E-state index contributed by atoms with van der Waals surface area (Å²) >= 11 is 2.00. The van der Waals surface area contributed by atoms with Crippen LogP contribution in [0.2, 0.25) is 0 Å². The second-order valence-electron chi connectivity index (χ2n) is 0.204. The van der Waals surface area contributed by atoms with Gasteiger partial charge in [-0.3, -0.25) is 0 Å². The van der Waals surface area contributed by atoms with E-state index in [2.05, 4.69) is 2.39 Å². The maximum atomic E-state index is 4.50. The van der Waals surface area contributed by atoms with Crippen molar-refractivity contribution < 1.29 is 56.8 Å². The monoisotopic (exact) mass is 199 g/mol. The molecule has 0 aromatic carbocycles. The van der Waals surface area contributed by atoms with E-state index in [0.29, 0.717) is 0 Å². The Balaban J connectivity index is 0. The summed E-state index contributed by atoms with van der Waals surface area (Å²) in [7, 11) is 0. The van der Waals surface area contributed by atoms with E-state index < -0.39 is 0 Å². The zero-order valence-corrected chi connectivity index (χ0v) is 9.32. The molecule has 0 aliphatic rings. The summed E-state index contributed by atoms with van der Waals surface area (Å²) in [6.07, 6.45) is 0. The van der Waals surface area contributed by atoms with Gasteiger partial charge < -0.3 is 0 Å². The zero-order chi connectivity index (χ0) is 2.71. The average molecular weight is 202 g/mol. The Morgan fingerprint density at radius 3 is 1.25 bits per heavy atom. The first-order valence-corrected chi connectivity index (χ1v) is 3.00. The Labute approximate surface area is 56.5 Å². The van der Waals surface area contributed by atoms with Crippen LogP contribution in [0.4, 0.5) is 0 Å². The predicted molar refractivity (Wildman–Crippen MR) is 1.08 cm³/mol. The van der Waals surface area contributed by atoms with Crippen molar-refractivity contribution in [2.24, 2.45) is 0 Å². The Hall–Kier alpha value is 1.73. The van der Waals surface area contributed by atoms with Crippen LogP contribution in [0.5, 0.6) is 0 Å². The van der Waals surface area contributed by atoms with Gasteiger partial charge in [0.1, 0.15) is 0 Å². The van der Waals surface area contributed by atoms with Gasteiger partial charge >= 0.3 is 39.7 Å². The summed E-state index contributed by atoms with van der Waals surface area (Å²) in [5.74, 6) is 0. The van der Waals surface area contributed by atoms with Crippen LogP contribution in [0, 0.1) is 0 Å². The third-order valence-corrected chi connectivity index (χ3v) is 0. The molecule has 1 nitrogen and oxygen atoms in total. The van der Waals surface area contributed by atoms with Crippen LogP contribution < -0.4 is 0 Å². The number of hydrogen-bond acceptors (Lipinski definition) is 1. The second kappa shape index (κ2) is 8.83. The van der Waals surface area contributed by atoms with Crippen molar-refractivity contribution in [3.05, 3.63) is 0 Å². The second-order valence-corrected chi connectivity index (χ2v) is 5.51. The molecule has 0 aliphatic carbocycles. The van der Waals surface area contributed by atoms with Crippen molar-refractivity contribution in [1.82, 2.24) is 0 Å². The molecule has 0 fully saturated rings. The molecule has 17 valence electrons. The Kier molecular flexibility index (Phi) is 20.3. The van der Waals surface area contributed by atoms with E-state index in [1.165, 1.54) is 0 Å². The van der Waals surface area contributed by atoms with E-state index in [1.54, 1.807) is 0 Å². The molecule has 0 rings (SSSR count). The first-order chi connectivity index (χ1) is 1.41. The molecule has 0 aliphatic heterocycles. The van der Waals surface area contributed by atoms with Crippen molar-refractivity contribution in [2.75, 3.05) is 0 Å². The molecule has 0 amide bonds. The molecule has 0 aromatic heterocycles. The SMILES string of the molecule is [Mn].[Zn][O][Zn]. The Morgan fingerprint density at radius 1 is 1.25 bits per heavy atom. The minimum absolute atomic E-state index is 0. The van der Waals surface area contributed by atoms with Gasteiger partial charge in [-0.15, -0.1) is 0 Å². The average Bonchev–Trinajstić information content (AvgIpc) is 0.918. The normalized spacial score (nSPS) is 5.00. The minimum atomic E-state index is 0. The van der Waals surface area contributed by atoms with Gasteiger partial charge in [0.2, 0.25) is 0 Å². The van der Waals surface area contributed by atoms with E-state index in [9.17, 15) is 0 Å². The zero-order valence-electron chi connectivity index (χ0n) is 2.20. The van der Waals surface area contributed by atoms with Crippen molar-refractivity contribution in [1.29, 1.82) is 0 Å². The first kappa shape index (κ1) is 9.21. The third-order valence-electron chi connectivity index (χ3n) is 0. The topological polar surface area (TPSA) is 9.23 Å². The van der Waals surface area contributed by atoms with Crippen LogP contribution in [0.3, 0.4) is 0 Å².